The number of hydrogen-bond donors (Lipinski definition) is 0. The molecule has 30 heavy (non-hydrogen) atoms. The Balaban J connectivity index is 1.47. The van der Waals surface area contributed by atoms with Gasteiger partial charge in [-0.15, -0.1) is 0 Å². The average molecular weight is 407 g/mol. The Kier molecular flexibility index (Phi) is 4.53. The van der Waals surface area contributed by atoms with Gasteiger partial charge in [-0.25, -0.2) is 4.98 Å². The Bertz CT molecular complexity index is 1210. The van der Waals surface area contributed by atoms with Crippen LogP contribution in [0.3, 0.4) is 0 Å². The third-order valence-corrected chi connectivity index (χ3v) is 5.46. The summed E-state index contributed by atoms with van der Waals surface area (Å²) in [7, 11) is 1.83. The molecule has 1 saturated heterocycles. The SMILES string of the molecule is Cc1noc2ncc(C(=O)N3CCCCC[C@@H]3c3noc(-c4cnn(C)c4)n3)cc12. The number of pyridine rings is 1. The third-order valence-electron chi connectivity index (χ3n) is 5.46. The van der Waals surface area contributed by atoms with Crippen LogP contribution < -0.4 is 0 Å². The number of fused-ring (bicyclic) bond motifs is 1. The van der Waals surface area contributed by atoms with Gasteiger partial charge in [0.1, 0.15) is 0 Å². The van der Waals surface area contributed by atoms with Crippen LogP contribution in [-0.2, 0) is 7.05 Å². The molecule has 1 fully saturated rings. The van der Waals surface area contributed by atoms with Crippen molar-refractivity contribution >= 4 is 17.0 Å². The second-order valence-electron chi connectivity index (χ2n) is 7.57. The highest BCUT2D eigenvalue weighted by molar-refractivity contribution is 5.97. The van der Waals surface area contributed by atoms with Crippen molar-refractivity contribution in [3.63, 3.8) is 0 Å². The van der Waals surface area contributed by atoms with Crippen LogP contribution in [0.1, 0.15) is 53.6 Å². The van der Waals surface area contributed by atoms with E-state index in [9.17, 15) is 4.79 Å². The van der Waals surface area contributed by atoms with E-state index in [1.165, 1.54) is 6.20 Å². The summed E-state index contributed by atoms with van der Waals surface area (Å²) in [4.78, 5) is 24.1. The number of aryl methyl sites for hydroxylation is 2. The summed E-state index contributed by atoms with van der Waals surface area (Å²) in [5.74, 6) is 0.807. The van der Waals surface area contributed by atoms with Gasteiger partial charge in [-0.3, -0.25) is 9.48 Å². The summed E-state index contributed by atoms with van der Waals surface area (Å²) in [5, 5.41) is 13.0. The first-order valence-electron chi connectivity index (χ1n) is 9.96. The number of aromatic nitrogens is 6. The molecule has 0 bridgehead atoms. The lowest BCUT2D eigenvalue weighted by atomic mass is 10.1. The summed E-state index contributed by atoms with van der Waals surface area (Å²) in [6.07, 6.45) is 8.78. The van der Waals surface area contributed by atoms with E-state index in [0.717, 1.165) is 36.6 Å². The molecule has 4 aromatic heterocycles. The Labute approximate surface area is 171 Å². The monoisotopic (exact) mass is 407 g/mol. The fraction of sp³-hybridized carbons (Fsp3) is 0.400. The zero-order valence-electron chi connectivity index (χ0n) is 16.8. The van der Waals surface area contributed by atoms with Crippen molar-refractivity contribution < 1.29 is 13.8 Å². The molecule has 1 amide bonds. The molecule has 1 aliphatic rings. The van der Waals surface area contributed by atoms with Gasteiger partial charge in [-0.2, -0.15) is 10.1 Å². The van der Waals surface area contributed by atoms with Gasteiger partial charge >= 0.3 is 0 Å². The fourth-order valence-corrected chi connectivity index (χ4v) is 3.87. The van der Waals surface area contributed by atoms with Crippen LogP contribution in [0.15, 0.2) is 33.7 Å². The van der Waals surface area contributed by atoms with Crippen LogP contribution in [0.25, 0.3) is 22.6 Å². The van der Waals surface area contributed by atoms with Crippen molar-refractivity contribution in [3.8, 4) is 11.5 Å². The summed E-state index contributed by atoms with van der Waals surface area (Å²) in [6.45, 7) is 2.46. The second-order valence-corrected chi connectivity index (χ2v) is 7.57. The second kappa shape index (κ2) is 7.36. The van der Waals surface area contributed by atoms with Crippen molar-refractivity contribution in [2.24, 2.45) is 7.05 Å². The van der Waals surface area contributed by atoms with Crippen molar-refractivity contribution in [3.05, 3.63) is 41.7 Å². The van der Waals surface area contributed by atoms with Crippen LogP contribution in [-0.4, -0.2) is 47.4 Å². The molecular weight excluding hydrogens is 386 g/mol. The van der Waals surface area contributed by atoms with E-state index in [2.05, 4.69) is 25.4 Å². The number of likely N-dealkylation sites (tertiary alicyclic amines) is 1. The van der Waals surface area contributed by atoms with Crippen LogP contribution in [0.5, 0.6) is 0 Å². The molecule has 154 valence electrons. The lowest BCUT2D eigenvalue weighted by molar-refractivity contribution is 0.0670. The predicted octanol–water partition coefficient (Wildman–Crippen LogP) is 3.07. The van der Waals surface area contributed by atoms with Crippen molar-refractivity contribution in [2.45, 2.75) is 38.6 Å². The lowest BCUT2D eigenvalue weighted by Gasteiger charge is -2.27. The summed E-state index contributed by atoms with van der Waals surface area (Å²) in [5.41, 5.74) is 2.38. The largest absolute Gasteiger partial charge is 0.336 e. The molecule has 0 radical (unpaired) electrons. The standard InChI is InChI=1S/C20H21N7O3/c1-12-15-8-13(9-21-19(15)30-24-12)20(28)27-7-5-3-4-6-16(27)17-23-18(29-25-17)14-10-22-26(2)11-14/h8-11,16H,3-7H2,1-2H3/t16-/m1/s1. The number of carbonyl (C=O) groups excluding carboxylic acids is 1. The Morgan fingerprint density at radius 3 is 2.90 bits per heavy atom. The maximum atomic E-state index is 13.4. The van der Waals surface area contributed by atoms with E-state index in [1.54, 1.807) is 16.9 Å². The normalized spacial score (nSPS) is 17.4. The van der Waals surface area contributed by atoms with Gasteiger partial charge in [-0.05, 0) is 25.8 Å². The van der Waals surface area contributed by atoms with Gasteiger partial charge in [0.05, 0.1) is 34.4 Å². The number of amides is 1. The van der Waals surface area contributed by atoms with Crippen molar-refractivity contribution in [1.82, 2.24) is 35.0 Å². The zero-order valence-corrected chi connectivity index (χ0v) is 16.8. The van der Waals surface area contributed by atoms with Gasteiger partial charge in [-0.1, -0.05) is 23.2 Å². The fourth-order valence-electron chi connectivity index (χ4n) is 3.87. The first-order chi connectivity index (χ1) is 14.6. The van der Waals surface area contributed by atoms with E-state index in [4.69, 9.17) is 9.05 Å². The summed E-state index contributed by atoms with van der Waals surface area (Å²) >= 11 is 0. The predicted molar refractivity (Wildman–Crippen MR) is 105 cm³/mol. The first kappa shape index (κ1) is 18.5. The Hall–Kier alpha value is -3.56. The van der Waals surface area contributed by atoms with Gasteiger partial charge in [0, 0.05) is 26.0 Å². The minimum Gasteiger partial charge on any atom is -0.336 e. The molecule has 0 N–H and O–H groups in total. The molecule has 0 saturated carbocycles. The Morgan fingerprint density at radius 1 is 1.17 bits per heavy atom. The molecule has 10 heteroatoms. The number of hydrogen-bond acceptors (Lipinski definition) is 8. The zero-order chi connectivity index (χ0) is 20.7. The molecule has 0 aliphatic carbocycles. The Morgan fingerprint density at radius 2 is 2.07 bits per heavy atom. The van der Waals surface area contributed by atoms with Crippen LogP contribution >= 0.6 is 0 Å². The number of nitrogens with zero attached hydrogens (tertiary/aromatic N) is 7. The van der Waals surface area contributed by atoms with Crippen molar-refractivity contribution in [1.29, 1.82) is 0 Å². The molecule has 1 atom stereocenters. The van der Waals surface area contributed by atoms with Crippen molar-refractivity contribution in [2.75, 3.05) is 6.54 Å². The summed E-state index contributed by atoms with van der Waals surface area (Å²) in [6, 6.07) is 1.53. The summed E-state index contributed by atoms with van der Waals surface area (Å²) < 4.78 is 12.3. The van der Waals surface area contributed by atoms with Crippen LogP contribution in [0.2, 0.25) is 0 Å². The average Bonchev–Trinajstić information content (AvgIpc) is 3.44. The highest BCUT2D eigenvalue weighted by atomic mass is 16.5. The van der Waals surface area contributed by atoms with E-state index in [-0.39, 0.29) is 11.9 Å². The molecule has 4 aromatic rings. The topological polar surface area (TPSA) is 116 Å². The minimum absolute atomic E-state index is 0.107. The molecular formula is C20H21N7O3. The van der Waals surface area contributed by atoms with Crippen LogP contribution in [0.4, 0.5) is 0 Å². The third kappa shape index (κ3) is 3.23. The van der Waals surface area contributed by atoms with Gasteiger partial charge in [0.2, 0.25) is 0 Å². The molecule has 0 aromatic carbocycles. The number of carbonyl (C=O) groups is 1. The van der Waals surface area contributed by atoms with E-state index in [0.29, 0.717) is 35.2 Å². The molecule has 1 aliphatic heterocycles. The molecule has 0 unspecified atom stereocenters. The molecule has 5 heterocycles. The van der Waals surface area contributed by atoms with Gasteiger partial charge < -0.3 is 13.9 Å². The molecule has 5 rings (SSSR count). The first-order valence-corrected chi connectivity index (χ1v) is 9.96. The highest BCUT2D eigenvalue weighted by Crippen LogP contribution is 2.31. The quantitative estimate of drug-likeness (QED) is 0.509. The van der Waals surface area contributed by atoms with Gasteiger partial charge in [0.25, 0.3) is 17.5 Å². The molecule has 0 spiro atoms. The van der Waals surface area contributed by atoms with E-state index < -0.39 is 0 Å². The minimum atomic E-state index is -0.256. The number of rotatable bonds is 3. The van der Waals surface area contributed by atoms with E-state index in [1.807, 2.05) is 25.1 Å². The maximum Gasteiger partial charge on any atom is 0.261 e. The smallest absolute Gasteiger partial charge is 0.261 e. The maximum absolute atomic E-state index is 13.4. The van der Waals surface area contributed by atoms with Crippen LogP contribution in [0, 0.1) is 6.92 Å². The highest BCUT2D eigenvalue weighted by Gasteiger charge is 2.31. The van der Waals surface area contributed by atoms with Gasteiger partial charge in [0.15, 0.2) is 5.82 Å². The molecule has 10 nitrogen and oxygen atoms in total. The lowest BCUT2D eigenvalue weighted by Crippen LogP contribution is -2.35. The van der Waals surface area contributed by atoms with E-state index >= 15 is 0 Å².